The lowest BCUT2D eigenvalue weighted by atomic mass is 10.2. The highest BCUT2D eigenvalue weighted by molar-refractivity contribution is 9.10. The third-order valence-electron chi connectivity index (χ3n) is 4.10. The molecule has 0 spiro atoms. The van der Waals surface area contributed by atoms with Gasteiger partial charge in [-0.3, -0.25) is 4.68 Å². The highest BCUT2D eigenvalue weighted by Gasteiger charge is 2.28. The second-order valence-electron chi connectivity index (χ2n) is 5.60. The Morgan fingerprint density at radius 3 is 2.85 bits per heavy atom. The fraction of sp³-hybridized carbons (Fsp3) is 0.500. The third-order valence-corrected chi connectivity index (χ3v) is 4.51. The van der Waals surface area contributed by atoms with Crippen LogP contribution in [-0.4, -0.2) is 32.8 Å². The summed E-state index contributed by atoms with van der Waals surface area (Å²) in [5.74, 6) is 1.74. The fourth-order valence-corrected chi connectivity index (χ4v) is 3.12. The van der Waals surface area contributed by atoms with E-state index in [0.717, 1.165) is 29.8 Å². The number of nitrogens with zero attached hydrogens (tertiary/aromatic N) is 5. The van der Waals surface area contributed by atoms with Crippen LogP contribution in [0.5, 0.6) is 0 Å². The molecule has 2 aromatic heterocycles. The van der Waals surface area contributed by atoms with Gasteiger partial charge in [0.25, 0.3) is 0 Å². The molecule has 0 N–H and O–H groups in total. The Bertz CT molecular complexity index is 622. The highest BCUT2D eigenvalue weighted by Crippen LogP contribution is 2.39. The summed E-state index contributed by atoms with van der Waals surface area (Å²) in [6.45, 7) is 2.00. The topological polar surface area (TPSA) is 46.8 Å². The molecule has 1 aliphatic carbocycles. The van der Waals surface area contributed by atoms with Gasteiger partial charge in [-0.15, -0.1) is 0 Å². The Balaban J connectivity index is 1.51. The lowest BCUT2D eigenvalue weighted by molar-refractivity contribution is 0.494. The smallest absolute Gasteiger partial charge is 0.132 e. The Labute approximate surface area is 126 Å². The average molecular weight is 334 g/mol. The van der Waals surface area contributed by atoms with Gasteiger partial charge >= 0.3 is 0 Å². The van der Waals surface area contributed by atoms with Gasteiger partial charge in [-0.05, 0) is 35.2 Å². The number of aromatic nitrogens is 4. The van der Waals surface area contributed by atoms with E-state index in [2.05, 4.69) is 42.0 Å². The monoisotopic (exact) mass is 333 g/mol. The second kappa shape index (κ2) is 4.84. The lowest BCUT2D eigenvalue weighted by Crippen LogP contribution is -2.22. The van der Waals surface area contributed by atoms with E-state index in [-0.39, 0.29) is 0 Å². The van der Waals surface area contributed by atoms with Gasteiger partial charge in [0, 0.05) is 37.0 Å². The zero-order chi connectivity index (χ0) is 13.5. The summed E-state index contributed by atoms with van der Waals surface area (Å²) in [5, 5.41) is 4.39. The molecule has 0 amide bonds. The largest absolute Gasteiger partial charge is 0.354 e. The summed E-state index contributed by atoms with van der Waals surface area (Å²) in [4.78, 5) is 11.2. The van der Waals surface area contributed by atoms with E-state index in [1.165, 1.54) is 18.5 Å². The van der Waals surface area contributed by atoms with Crippen molar-refractivity contribution in [3.8, 4) is 0 Å². The molecule has 1 unspecified atom stereocenters. The second-order valence-corrected chi connectivity index (χ2v) is 6.52. The molecule has 2 fully saturated rings. The average Bonchev–Trinajstić information content (AvgIpc) is 3.04. The minimum Gasteiger partial charge on any atom is -0.354 e. The van der Waals surface area contributed by atoms with E-state index < -0.39 is 0 Å². The van der Waals surface area contributed by atoms with Crippen molar-refractivity contribution in [2.75, 3.05) is 18.0 Å². The Morgan fingerprint density at radius 2 is 2.10 bits per heavy atom. The van der Waals surface area contributed by atoms with Crippen LogP contribution in [0.2, 0.25) is 0 Å². The van der Waals surface area contributed by atoms with Crippen LogP contribution >= 0.6 is 15.9 Å². The van der Waals surface area contributed by atoms with Crippen molar-refractivity contribution in [2.45, 2.75) is 31.2 Å². The minimum atomic E-state index is 0.431. The van der Waals surface area contributed by atoms with Crippen molar-refractivity contribution in [3.63, 3.8) is 0 Å². The summed E-state index contributed by atoms with van der Waals surface area (Å²) >= 11 is 3.45. The van der Waals surface area contributed by atoms with Crippen molar-refractivity contribution < 1.29 is 0 Å². The number of anilines is 1. The molecule has 0 aromatic carbocycles. The number of halogens is 1. The summed E-state index contributed by atoms with van der Waals surface area (Å²) in [6, 6.07) is 2.60. The molecule has 1 aliphatic heterocycles. The quantitative estimate of drug-likeness (QED) is 0.866. The van der Waals surface area contributed by atoms with Crippen molar-refractivity contribution >= 4 is 21.7 Å². The molecule has 3 heterocycles. The summed E-state index contributed by atoms with van der Waals surface area (Å²) in [6.07, 6.45) is 9.26. The molecule has 20 heavy (non-hydrogen) atoms. The van der Waals surface area contributed by atoms with Crippen LogP contribution in [0, 0.1) is 0 Å². The van der Waals surface area contributed by atoms with Crippen LogP contribution in [0.1, 0.15) is 36.9 Å². The van der Waals surface area contributed by atoms with Gasteiger partial charge in [0.05, 0.1) is 16.7 Å². The minimum absolute atomic E-state index is 0.431. The van der Waals surface area contributed by atoms with Crippen LogP contribution < -0.4 is 4.90 Å². The molecular weight excluding hydrogens is 318 g/mol. The fourth-order valence-electron chi connectivity index (χ4n) is 2.82. The van der Waals surface area contributed by atoms with Crippen LogP contribution in [0.4, 0.5) is 5.82 Å². The van der Waals surface area contributed by atoms with Crippen molar-refractivity contribution in [1.29, 1.82) is 0 Å². The number of hydrogen-bond acceptors (Lipinski definition) is 4. The summed E-state index contributed by atoms with van der Waals surface area (Å²) < 4.78 is 3.08. The molecule has 1 atom stereocenters. The standard InChI is InChI=1S/C14H16BrN5/c15-11-6-18-20(7-11)12-3-4-19(8-12)14-5-13(10-1-2-10)16-9-17-14/h5-7,9-10,12H,1-4,8H2. The van der Waals surface area contributed by atoms with Gasteiger partial charge in [-0.2, -0.15) is 5.10 Å². The molecule has 104 valence electrons. The van der Waals surface area contributed by atoms with Crippen LogP contribution in [0.15, 0.2) is 29.3 Å². The SMILES string of the molecule is Brc1cnn(C2CCN(c3cc(C4CC4)ncn3)C2)c1. The first-order valence-electron chi connectivity index (χ1n) is 7.06. The predicted octanol–water partition coefficient (Wildman–Crippen LogP) is 2.76. The van der Waals surface area contributed by atoms with Crippen LogP contribution in [0.25, 0.3) is 0 Å². The summed E-state index contributed by atoms with van der Waals surface area (Å²) in [7, 11) is 0. The molecule has 1 saturated heterocycles. The first-order valence-corrected chi connectivity index (χ1v) is 7.85. The molecule has 2 aromatic rings. The zero-order valence-corrected chi connectivity index (χ0v) is 12.7. The predicted molar refractivity (Wildman–Crippen MR) is 79.8 cm³/mol. The molecule has 2 aliphatic rings. The Morgan fingerprint density at radius 1 is 1.20 bits per heavy atom. The van der Waals surface area contributed by atoms with E-state index in [9.17, 15) is 0 Å². The molecule has 0 bridgehead atoms. The van der Waals surface area contributed by atoms with Gasteiger partial charge in [-0.25, -0.2) is 9.97 Å². The Kier molecular flexibility index (Phi) is 2.98. The van der Waals surface area contributed by atoms with Crippen molar-refractivity contribution in [3.05, 3.63) is 35.0 Å². The number of hydrogen-bond donors (Lipinski definition) is 0. The maximum absolute atomic E-state index is 4.44. The van der Waals surface area contributed by atoms with Crippen molar-refractivity contribution in [2.24, 2.45) is 0 Å². The number of rotatable bonds is 3. The maximum atomic E-state index is 4.44. The molecule has 0 radical (unpaired) electrons. The zero-order valence-electron chi connectivity index (χ0n) is 11.1. The lowest BCUT2D eigenvalue weighted by Gasteiger charge is -2.18. The van der Waals surface area contributed by atoms with E-state index in [0.29, 0.717) is 12.0 Å². The highest BCUT2D eigenvalue weighted by atomic mass is 79.9. The first kappa shape index (κ1) is 12.3. The summed E-state index contributed by atoms with van der Waals surface area (Å²) in [5.41, 5.74) is 1.21. The third kappa shape index (κ3) is 2.32. The first-order chi connectivity index (χ1) is 9.79. The van der Waals surface area contributed by atoms with Gasteiger partial charge < -0.3 is 4.90 Å². The van der Waals surface area contributed by atoms with E-state index in [1.54, 1.807) is 6.33 Å². The Hall–Kier alpha value is -1.43. The van der Waals surface area contributed by atoms with Crippen LogP contribution in [-0.2, 0) is 0 Å². The van der Waals surface area contributed by atoms with Gasteiger partial charge in [0.2, 0.25) is 0 Å². The normalized spacial score (nSPS) is 22.4. The molecule has 4 rings (SSSR count). The van der Waals surface area contributed by atoms with Gasteiger partial charge in [-0.1, -0.05) is 0 Å². The van der Waals surface area contributed by atoms with Gasteiger partial charge in [0.15, 0.2) is 0 Å². The molecule has 6 heteroatoms. The van der Waals surface area contributed by atoms with Crippen LogP contribution in [0.3, 0.4) is 0 Å². The molecular formula is C14H16BrN5. The van der Waals surface area contributed by atoms with E-state index >= 15 is 0 Å². The molecule has 1 saturated carbocycles. The maximum Gasteiger partial charge on any atom is 0.132 e. The van der Waals surface area contributed by atoms with E-state index in [1.807, 2.05) is 17.1 Å². The van der Waals surface area contributed by atoms with E-state index in [4.69, 9.17) is 0 Å². The van der Waals surface area contributed by atoms with Crippen molar-refractivity contribution in [1.82, 2.24) is 19.7 Å². The van der Waals surface area contributed by atoms with Gasteiger partial charge in [0.1, 0.15) is 12.1 Å². The molecule has 5 nitrogen and oxygen atoms in total.